The molecular formula is C19H18F2N4O3S. The van der Waals surface area contributed by atoms with Gasteiger partial charge in [-0.2, -0.15) is 5.26 Å². The fraction of sp³-hybridized carbons (Fsp3) is 0.263. The lowest BCUT2D eigenvalue weighted by molar-refractivity contribution is -0.120. The summed E-state index contributed by atoms with van der Waals surface area (Å²) in [5.74, 6) is -2.22. The Morgan fingerprint density at radius 2 is 1.69 bits per heavy atom. The quantitative estimate of drug-likeness (QED) is 0.788. The Bertz CT molecular complexity index is 1050. The molecule has 1 aliphatic heterocycles. The molecule has 0 unspecified atom stereocenters. The van der Waals surface area contributed by atoms with Crippen LogP contribution in [0.5, 0.6) is 0 Å². The number of hydrogen-bond acceptors (Lipinski definition) is 5. The van der Waals surface area contributed by atoms with Crippen LogP contribution in [0.2, 0.25) is 0 Å². The predicted molar refractivity (Wildman–Crippen MR) is 102 cm³/mol. The van der Waals surface area contributed by atoms with Gasteiger partial charge < -0.3 is 10.2 Å². The molecule has 3 N–H and O–H groups in total. The van der Waals surface area contributed by atoms with Crippen LogP contribution in [0.25, 0.3) is 0 Å². The van der Waals surface area contributed by atoms with E-state index in [1.807, 2.05) is 0 Å². The average molecular weight is 420 g/mol. The monoisotopic (exact) mass is 420 g/mol. The molecule has 152 valence electrons. The summed E-state index contributed by atoms with van der Waals surface area (Å²) in [6, 6.07) is 9.15. The van der Waals surface area contributed by atoms with Gasteiger partial charge in [0.1, 0.15) is 5.69 Å². The largest absolute Gasteiger partial charge is 0.367 e. The van der Waals surface area contributed by atoms with Gasteiger partial charge >= 0.3 is 0 Å². The number of halogens is 2. The molecular weight excluding hydrogens is 402 g/mol. The van der Waals surface area contributed by atoms with Gasteiger partial charge in [-0.25, -0.2) is 22.3 Å². The second-order valence-electron chi connectivity index (χ2n) is 6.72. The Kier molecular flexibility index (Phi) is 5.81. The molecule has 2 aromatic carbocycles. The number of sulfonamides is 1. The highest BCUT2D eigenvalue weighted by molar-refractivity contribution is 7.89. The SMILES string of the molecule is N#Cc1cc(F)c(N2CCC(C(=O)Nc3ccc(S(N)(=O)=O)cc3)CC2)c(F)c1. The molecule has 0 bridgehead atoms. The smallest absolute Gasteiger partial charge is 0.238 e. The standard InChI is InChI=1S/C19H18F2N4O3S/c20-16-9-12(11-22)10-17(21)18(16)25-7-5-13(6-8-25)19(26)24-14-1-3-15(4-2-14)29(23,27)28/h1-4,9-10,13H,5-8H2,(H,24,26)(H2,23,27,28). The topological polar surface area (TPSA) is 116 Å². The van der Waals surface area contributed by atoms with Crippen LogP contribution in [0.1, 0.15) is 18.4 Å². The minimum absolute atomic E-state index is 0.0599. The third-order valence-electron chi connectivity index (χ3n) is 4.78. The fourth-order valence-electron chi connectivity index (χ4n) is 3.27. The molecule has 1 saturated heterocycles. The third-order valence-corrected chi connectivity index (χ3v) is 5.71. The summed E-state index contributed by atoms with van der Waals surface area (Å²) in [7, 11) is -3.81. The molecule has 0 aliphatic carbocycles. The van der Waals surface area contributed by atoms with Crippen molar-refractivity contribution >= 4 is 27.3 Å². The molecule has 1 aliphatic rings. The number of carbonyl (C=O) groups is 1. The number of benzene rings is 2. The molecule has 2 aromatic rings. The van der Waals surface area contributed by atoms with Crippen LogP contribution >= 0.6 is 0 Å². The lowest BCUT2D eigenvalue weighted by Gasteiger charge is -2.33. The molecule has 29 heavy (non-hydrogen) atoms. The molecule has 7 nitrogen and oxygen atoms in total. The molecule has 1 amide bonds. The number of anilines is 2. The Hall–Kier alpha value is -3.03. The fourth-order valence-corrected chi connectivity index (χ4v) is 3.79. The number of nitrogens with one attached hydrogen (secondary N) is 1. The summed E-state index contributed by atoms with van der Waals surface area (Å²) < 4.78 is 50.9. The van der Waals surface area contributed by atoms with Crippen molar-refractivity contribution in [2.75, 3.05) is 23.3 Å². The maximum absolute atomic E-state index is 14.2. The van der Waals surface area contributed by atoms with Gasteiger partial charge in [0.15, 0.2) is 11.6 Å². The van der Waals surface area contributed by atoms with Gasteiger partial charge in [0, 0.05) is 24.7 Å². The zero-order chi connectivity index (χ0) is 21.2. The minimum atomic E-state index is -3.81. The highest BCUT2D eigenvalue weighted by Crippen LogP contribution is 2.29. The van der Waals surface area contributed by atoms with Gasteiger partial charge in [-0.1, -0.05) is 0 Å². The third kappa shape index (κ3) is 4.70. The predicted octanol–water partition coefficient (Wildman–Crippen LogP) is 2.34. The van der Waals surface area contributed by atoms with Gasteiger partial charge in [0.05, 0.1) is 16.5 Å². The van der Waals surface area contributed by atoms with Crippen molar-refractivity contribution in [1.82, 2.24) is 0 Å². The minimum Gasteiger partial charge on any atom is -0.367 e. The van der Waals surface area contributed by atoms with Crippen LogP contribution in [0, 0.1) is 28.9 Å². The second-order valence-corrected chi connectivity index (χ2v) is 8.28. The summed E-state index contributed by atoms with van der Waals surface area (Å²) in [4.78, 5) is 13.9. The number of nitrogens with zero attached hydrogens (tertiary/aromatic N) is 2. The highest BCUT2D eigenvalue weighted by atomic mass is 32.2. The first-order valence-electron chi connectivity index (χ1n) is 8.77. The molecule has 3 rings (SSSR count). The van der Waals surface area contributed by atoms with Crippen LogP contribution in [-0.2, 0) is 14.8 Å². The van der Waals surface area contributed by atoms with Crippen molar-refractivity contribution in [3.63, 3.8) is 0 Å². The maximum atomic E-state index is 14.2. The number of rotatable bonds is 4. The number of hydrogen-bond donors (Lipinski definition) is 2. The number of nitriles is 1. The van der Waals surface area contributed by atoms with Gasteiger partial charge in [-0.3, -0.25) is 4.79 Å². The first-order chi connectivity index (χ1) is 13.7. The molecule has 0 saturated carbocycles. The van der Waals surface area contributed by atoms with Crippen LogP contribution in [0.4, 0.5) is 20.2 Å². The van der Waals surface area contributed by atoms with E-state index in [1.54, 1.807) is 6.07 Å². The van der Waals surface area contributed by atoms with Gasteiger partial charge in [-0.05, 0) is 49.2 Å². The van der Waals surface area contributed by atoms with Gasteiger partial charge in [0.2, 0.25) is 15.9 Å². The number of primary sulfonamides is 1. The maximum Gasteiger partial charge on any atom is 0.238 e. The van der Waals surface area contributed by atoms with E-state index in [0.717, 1.165) is 12.1 Å². The van der Waals surface area contributed by atoms with E-state index in [-0.39, 0.29) is 41.1 Å². The van der Waals surface area contributed by atoms with Crippen LogP contribution in [0.3, 0.4) is 0 Å². The molecule has 0 radical (unpaired) electrons. The second kappa shape index (κ2) is 8.14. The molecule has 0 atom stereocenters. The van der Waals surface area contributed by atoms with E-state index in [9.17, 15) is 22.0 Å². The van der Waals surface area contributed by atoms with Crippen molar-refractivity contribution in [2.24, 2.45) is 11.1 Å². The number of piperidine rings is 1. The summed E-state index contributed by atoms with van der Waals surface area (Å²) in [5, 5.41) is 16.5. The molecule has 1 fully saturated rings. The molecule has 1 heterocycles. The Labute approximate surface area is 166 Å². The van der Waals surface area contributed by atoms with Crippen molar-refractivity contribution < 1.29 is 22.0 Å². The van der Waals surface area contributed by atoms with Crippen molar-refractivity contribution in [3.05, 3.63) is 53.6 Å². The van der Waals surface area contributed by atoms with Gasteiger partial charge in [0.25, 0.3) is 0 Å². The van der Waals surface area contributed by atoms with E-state index in [1.165, 1.54) is 29.2 Å². The zero-order valence-corrected chi connectivity index (χ0v) is 16.0. The first kappa shape index (κ1) is 20.7. The Balaban J connectivity index is 1.62. The van der Waals surface area contributed by atoms with Crippen molar-refractivity contribution in [1.29, 1.82) is 5.26 Å². The molecule has 10 heteroatoms. The summed E-state index contributed by atoms with van der Waals surface area (Å²) in [6.07, 6.45) is 0.778. The Morgan fingerprint density at radius 1 is 1.14 bits per heavy atom. The van der Waals surface area contributed by atoms with Crippen LogP contribution in [0.15, 0.2) is 41.3 Å². The van der Waals surface area contributed by atoms with E-state index < -0.39 is 21.7 Å². The lowest BCUT2D eigenvalue weighted by atomic mass is 9.95. The van der Waals surface area contributed by atoms with Crippen molar-refractivity contribution in [3.8, 4) is 6.07 Å². The highest BCUT2D eigenvalue weighted by Gasteiger charge is 2.28. The lowest BCUT2D eigenvalue weighted by Crippen LogP contribution is -2.39. The number of nitrogens with two attached hydrogens (primary N) is 1. The molecule has 0 spiro atoms. The Morgan fingerprint density at radius 3 is 2.17 bits per heavy atom. The normalized spacial score (nSPS) is 15.0. The average Bonchev–Trinajstić information content (AvgIpc) is 2.67. The first-order valence-corrected chi connectivity index (χ1v) is 10.3. The summed E-state index contributed by atoms with van der Waals surface area (Å²) in [6.45, 7) is 0.560. The van der Waals surface area contributed by atoms with E-state index in [4.69, 9.17) is 10.4 Å². The number of amides is 1. The van der Waals surface area contributed by atoms with E-state index in [0.29, 0.717) is 18.5 Å². The van der Waals surface area contributed by atoms with Crippen LogP contribution in [-0.4, -0.2) is 27.4 Å². The van der Waals surface area contributed by atoms with E-state index >= 15 is 0 Å². The number of carbonyl (C=O) groups excluding carboxylic acids is 1. The van der Waals surface area contributed by atoms with Gasteiger partial charge in [-0.15, -0.1) is 0 Å². The summed E-state index contributed by atoms with van der Waals surface area (Å²) >= 11 is 0. The van der Waals surface area contributed by atoms with Crippen LogP contribution < -0.4 is 15.4 Å². The molecule has 0 aromatic heterocycles. The summed E-state index contributed by atoms with van der Waals surface area (Å²) in [5.41, 5.74) is 0.141. The van der Waals surface area contributed by atoms with E-state index in [2.05, 4.69) is 5.32 Å². The zero-order valence-electron chi connectivity index (χ0n) is 15.2. The van der Waals surface area contributed by atoms with Crippen molar-refractivity contribution in [2.45, 2.75) is 17.7 Å².